The minimum atomic E-state index is 0.234. The molecule has 3 rings (SSSR count). The summed E-state index contributed by atoms with van der Waals surface area (Å²) in [6.45, 7) is 5.33. The highest BCUT2D eigenvalue weighted by atomic mass is 16.5. The van der Waals surface area contributed by atoms with Gasteiger partial charge in [0.15, 0.2) is 0 Å². The number of anilines is 1. The number of hydrogen-bond acceptors (Lipinski definition) is 3. The molecule has 2 N–H and O–H groups in total. The predicted octanol–water partition coefficient (Wildman–Crippen LogP) is 3.19. The molecular weight excluding hydrogens is 248 g/mol. The SMILES string of the molecule is CCN(Cc1ccc(N)cc1)C1CCOC2(CCC2)C1. The summed E-state index contributed by atoms with van der Waals surface area (Å²) in [7, 11) is 0. The number of nitrogens with two attached hydrogens (primary N) is 1. The number of hydrogen-bond donors (Lipinski definition) is 1. The molecule has 1 aromatic carbocycles. The van der Waals surface area contributed by atoms with E-state index in [9.17, 15) is 0 Å². The molecule has 1 aromatic rings. The van der Waals surface area contributed by atoms with E-state index in [1.165, 1.54) is 37.7 Å². The third-order valence-corrected chi connectivity index (χ3v) is 5.02. The first-order valence-corrected chi connectivity index (χ1v) is 7.93. The average Bonchev–Trinajstić information content (AvgIpc) is 2.45. The number of rotatable bonds is 4. The molecular formula is C17H26N2O. The Kier molecular flexibility index (Phi) is 3.99. The van der Waals surface area contributed by atoms with E-state index in [2.05, 4.69) is 24.0 Å². The maximum Gasteiger partial charge on any atom is 0.0697 e. The Morgan fingerprint density at radius 1 is 1.30 bits per heavy atom. The van der Waals surface area contributed by atoms with Crippen LogP contribution in [0, 0.1) is 0 Å². The van der Waals surface area contributed by atoms with Gasteiger partial charge in [0, 0.05) is 24.9 Å². The average molecular weight is 274 g/mol. The van der Waals surface area contributed by atoms with Crippen molar-refractivity contribution >= 4 is 5.69 Å². The third-order valence-electron chi connectivity index (χ3n) is 5.02. The number of benzene rings is 1. The normalized spacial score (nSPS) is 24.8. The topological polar surface area (TPSA) is 38.5 Å². The minimum Gasteiger partial charge on any atom is -0.399 e. The summed E-state index contributed by atoms with van der Waals surface area (Å²) in [6.07, 6.45) is 6.27. The smallest absolute Gasteiger partial charge is 0.0697 e. The van der Waals surface area contributed by atoms with E-state index in [0.717, 1.165) is 25.4 Å². The van der Waals surface area contributed by atoms with Gasteiger partial charge in [0.05, 0.1) is 5.60 Å². The monoisotopic (exact) mass is 274 g/mol. The summed E-state index contributed by atoms with van der Waals surface area (Å²) in [5, 5.41) is 0. The number of ether oxygens (including phenoxy) is 1. The second-order valence-corrected chi connectivity index (χ2v) is 6.34. The zero-order chi connectivity index (χ0) is 14.0. The lowest BCUT2D eigenvalue weighted by Gasteiger charge is -2.49. The van der Waals surface area contributed by atoms with Gasteiger partial charge in [-0.1, -0.05) is 19.1 Å². The molecule has 1 saturated heterocycles. The van der Waals surface area contributed by atoms with Crippen LogP contribution >= 0.6 is 0 Å². The van der Waals surface area contributed by atoms with E-state index in [4.69, 9.17) is 10.5 Å². The highest BCUT2D eigenvalue weighted by molar-refractivity contribution is 5.39. The Balaban J connectivity index is 1.65. The molecule has 1 spiro atoms. The fourth-order valence-electron chi connectivity index (χ4n) is 3.59. The summed E-state index contributed by atoms with van der Waals surface area (Å²) >= 11 is 0. The molecule has 0 amide bonds. The Labute approximate surface area is 122 Å². The molecule has 1 aliphatic heterocycles. The van der Waals surface area contributed by atoms with E-state index in [1.807, 2.05) is 12.1 Å². The number of nitrogens with zero attached hydrogens (tertiary/aromatic N) is 1. The highest BCUT2D eigenvalue weighted by Crippen LogP contribution is 2.43. The van der Waals surface area contributed by atoms with Crippen LogP contribution in [0.1, 0.15) is 44.6 Å². The van der Waals surface area contributed by atoms with E-state index in [1.54, 1.807) is 0 Å². The zero-order valence-corrected chi connectivity index (χ0v) is 12.5. The second-order valence-electron chi connectivity index (χ2n) is 6.34. The quantitative estimate of drug-likeness (QED) is 0.857. The van der Waals surface area contributed by atoms with Crippen LogP contribution in [0.4, 0.5) is 5.69 Å². The van der Waals surface area contributed by atoms with E-state index in [-0.39, 0.29) is 5.60 Å². The van der Waals surface area contributed by atoms with Crippen LogP contribution in [0.15, 0.2) is 24.3 Å². The van der Waals surface area contributed by atoms with E-state index in [0.29, 0.717) is 6.04 Å². The maximum absolute atomic E-state index is 6.05. The Morgan fingerprint density at radius 3 is 2.65 bits per heavy atom. The maximum atomic E-state index is 6.05. The first-order valence-electron chi connectivity index (χ1n) is 7.93. The van der Waals surface area contributed by atoms with Crippen LogP contribution in [0.25, 0.3) is 0 Å². The molecule has 2 aliphatic rings. The van der Waals surface area contributed by atoms with Gasteiger partial charge in [0.2, 0.25) is 0 Å². The van der Waals surface area contributed by atoms with Gasteiger partial charge < -0.3 is 10.5 Å². The second kappa shape index (κ2) is 5.74. The molecule has 1 atom stereocenters. The van der Waals surface area contributed by atoms with Crippen molar-refractivity contribution in [2.75, 3.05) is 18.9 Å². The lowest BCUT2D eigenvalue weighted by molar-refractivity contribution is -0.149. The fourth-order valence-corrected chi connectivity index (χ4v) is 3.59. The molecule has 20 heavy (non-hydrogen) atoms. The Hall–Kier alpha value is -1.06. The lowest BCUT2D eigenvalue weighted by Crippen LogP contribution is -2.51. The van der Waals surface area contributed by atoms with Crippen molar-refractivity contribution in [1.82, 2.24) is 4.90 Å². The molecule has 0 bridgehead atoms. The molecule has 1 saturated carbocycles. The standard InChI is InChI=1S/C17H26N2O/c1-2-19(13-14-4-6-15(18)7-5-14)16-8-11-20-17(12-16)9-3-10-17/h4-7,16H,2-3,8-13,18H2,1H3. The van der Waals surface area contributed by atoms with Crippen molar-refractivity contribution in [2.45, 2.75) is 57.2 Å². The van der Waals surface area contributed by atoms with Crippen LogP contribution in [-0.4, -0.2) is 29.7 Å². The van der Waals surface area contributed by atoms with Gasteiger partial charge in [-0.25, -0.2) is 0 Å². The summed E-state index contributed by atoms with van der Waals surface area (Å²) in [6, 6.07) is 8.97. The van der Waals surface area contributed by atoms with Gasteiger partial charge in [0.25, 0.3) is 0 Å². The number of nitrogen functional groups attached to an aromatic ring is 1. The van der Waals surface area contributed by atoms with Crippen molar-refractivity contribution in [3.05, 3.63) is 29.8 Å². The van der Waals surface area contributed by atoms with Crippen molar-refractivity contribution in [3.8, 4) is 0 Å². The van der Waals surface area contributed by atoms with Gasteiger partial charge >= 0.3 is 0 Å². The van der Waals surface area contributed by atoms with Crippen LogP contribution in [0.2, 0.25) is 0 Å². The van der Waals surface area contributed by atoms with Crippen LogP contribution in [0.3, 0.4) is 0 Å². The zero-order valence-electron chi connectivity index (χ0n) is 12.5. The summed E-state index contributed by atoms with van der Waals surface area (Å²) in [5.74, 6) is 0. The molecule has 1 heterocycles. The third kappa shape index (κ3) is 2.84. The first-order chi connectivity index (χ1) is 9.71. The van der Waals surface area contributed by atoms with Gasteiger partial charge in [-0.3, -0.25) is 4.90 Å². The lowest BCUT2D eigenvalue weighted by atomic mass is 9.73. The van der Waals surface area contributed by atoms with Crippen molar-refractivity contribution in [2.24, 2.45) is 0 Å². The van der Waals surface area contributed by atoms with Crippen molar-refractivity contribution in [3.63, 3.8) is 0 Å². The first kappa shape index (κ1) is 13.9. The highest BCUT2D eigenvalue weighted by Gasteiger charge is 2.43. The van der Waals surface area contributed by atoms with Crippen LogP contribution in [-0.2, 0) is 11.3 Å². The molecule has 3 nitrogen and oxygen atoms in total. The molecule has 1 unspecified atom stereocenters. The van der Waals surface area contributed by atoms with Gasteiger partial charge in [-0.05, 0) is 56.3 Å². The molecule has 1 aliphatic carbocycles. The molecule has 0 radical (unpaired) electrons. The summed E-state index contributed by atoms with van der Waals surface area (Å²) in [4.78, 5) is 2.61. The Bertz CT molecular complexity index is 439. The van der Waals surface area contributed by atoms with Crippen LogP contribution in [0.5, 0.6) is 0 Å². The van der Waals surface area contributed by atoms with Crippen molar-refractivity contribution < 1.29 is 4.74 Å². The van der Waals surface area contributed by atoms with Gasteiger partial charge in [-0.15, -0.1) is 0 Å². The Morgan fingerprint density at radius 2 is 2.05 bits per heavy atom. The van der Waals surface area contributed by atoms with E-state index >= 15 is 0 Å². The molecule has 3 heteroatoms. The predicted molar refractivity (Wildman–Crippen MR) is 82.5 cm³/mol. The summed E-state index contributed by atoms with van der Waals surface area (Å²) in [5.41, 5.74) is 8.20. The summed E-state index contributed by atoms with van der Waals surface area (Å²) < 4.78 is 6.05. The largest absolute Gasteiger partial charge is 0.399 e. The van der Waals surface area contributed by atoms with Gasteiger partial charge in [0.1, 0.15) is 0 Å². The molecule has 110 valence electrons. The minimum absolute atomic E-state index is 0.234. The molecule has 2 fully saturated rings. The van der Waals surface area contributed by atoms with Crippen LogP contribution < -0.4 is 5.73 Å². The fraction of sp³-hybridized carbons (Fsp3) is 0.647. The van der Waals surface area contributed by atoms with Crippen molar-refractivity contribution in [1.29, 1.82) is 0 Å². The van der Waals surface area contributed by atoms with E-state index < -0.39 is 0 Å². The van der Waals surface area contributed by atoms with Gasteiger partial charge in [-0.2, -0.15) is 0 Å². The molecule has 0 aromatic heterocycles.